The number of aliphatic hydroxyl groups excluding tert-OH is 1. The first-order valence-corrected chi connectivity index (χ1v) is 9.72. The maximum Gasteiger partial charge on any atom is 0.327 e. The van der Waals surface area contributed by atoms with Crippen LogP contribution in [0.5, 0.6) is 11.5 Å². The molecule has 0 radical (unpaired) electrons. The normalized spacial score (nSPS) is 15.2. The van der Waals surface area contributed by atoms with Crippen molar-refractivity contribution in [3.8, 4) is 11.5 Å². The third-order valence-electron chi connectivity index (χ3n) is 3.93. The maximum absolute atomic E-state index is 12.6. The predicted molar refractivity (Wildman–Crippen MR) is 94.7 cm³/mol. The molecule has 0 aromatic heterocycles. The summed E-state index contributed by atoms with van der Waals surface area (Å²) in [4.78, 5) is 12.3. The molecule has 0 spiro atoms. The van der Waals surface area contributed by atoms with Crippen LogP contribution in [-0.4, -0.2) is 38.9 Å². The topological polar surface area (TPSA) is 111 Å². The summed E-state index contributed by atoms with van der Waals surface area (Å²) in [6, 6.07) is 10.6. The molecule has 144 valence electrons. The molecule has 1 aliphatic heterocycles. The molecule has 2 N–H and O–H groups in total. The zero-order valence-electron chi connectivity index (χ0n) is 14.5. The van der Waals surface area contributed by atoms with Crippen LogP contribution in [0.15, 0.2) is 53.4 Å². The Hall–Kier alpha value is -2.62. The Bertz CT molecular complexity index is 915. The molecule has 0 aliphatic carbocycles. The molecular weight excluding hydrogens is 374 g/mol. The fraction of sp³-hybridized carbons (Fsp3) is 0.278. The molecule has 1 aliphatic rings. The van der Waals surface area contributed by atoms with E-state index in [4.69, 9.17) is 14.2 Å². The molecule has 2 unspecified atom stereocenters. The van der Waals surface area contributed by atoms with Crippen molar-refractivity contribution in [3.63, 3.8) is 0 Å². The van der Waals surface area contributed by atoms with Gasteiger partial charge < -0.3 is 19.3 Å². The fourth-order valence-corrected chi connectivity index (χ4v) is 3.81. The number of esters is 1. The van der Waals surface area contributed by atoms with Gasteiger partial charge in [0.25, 0.3) is 0 Å². The lowest BCUT2D eigenvalue weighted by Gasteiger charge is -2.23. The van der Waals surface area contributed by atoms with E-state index < -0.39 is 28.1 Å². The summed E-state index contributed by atoms with van der Waals surface area (Å²) in [7, 11) is -4.05. The van der Waals surface area contributed by atoms with Crippen LogP contribution in [0.3, 0.4) is 0 Å². The molecule has 0 amide bonds. The van der Waals surface area contributed by atoms with Gasteiger partial charge in [-0.2, -0.15) is 4.72 Å². The van der Waals surface area contributed by atoms with Crippen LogP contribution in [0.2, 0.25) is 0 Å². The van der Waals surface area contributed by atoms with Crippen LogP contribution in [0.1, 0.15) is 18.6 Å². The number of rotatable bonds is 7. The van der Waals surface area contributed by atoms with Crippen LogP contribution in [0.25, 0.3) is 0 Å². The molecule has 0 fully saturated rings. The molecule has 2 aromatic carbocycles. The van der Waals surface area contributed by atoms with E-state index >= 15 is 0 Å². The van der Waals surface area contributed by atoms with Crippen molar-refractivity contribution in [1.29, 1.82) is 0 Å². The second kappa shape index (κ2) is 7.95. The van der Waals surface area contributed by atoms with Crippen LogP contribution >= 0.6 is 0 Å². The lowest BCUT2D eigenvalue weighted by Crippen LogP contribution is -2.45. The summed E-state index contributed by atoms with van der Waals surface area (Å²) in [5.74, 6) is 0.0192. The zero-order chi connectivity index (χ0) is 19.4. The van der Waals surface area contributed by atoms with E-state index in [1.54, 1.807) is 31.2 Å². The quantitative estimate of drug-likeness (QED) is 0.683. The van der Waals surface area contributed by atoms with Gasteiger partial charge in [0, 0.05) is 0 Å². The molecule has 0 saturated carbocycles. The highest BCUT2D eigenvalue weighted by atomic mass is 32.2. The van der Waals surface area contributed by atoms with Crippen LogP contribution in [0, 0.1) is 0 Å². The zero-order valence-corrected chi connectivity index (χ0v) is 15.3. The Labute approximate surface area is 156 Å². The van der Waals surface area contributed by atoms with E-state index in [2.05, 4.69) is 4.72 Å². The number of nitrogens with one attached hydrogen (secondary N) is 1. The minimum Gasteiger partial charge on any atom is -0.465 e. The molecule has 1 heterocycles. The second-order valence-electron chi connectivity index (χ2n) is 5.72. The van der Waals surface area contributed by atoms with Crippen LogP contribution < -0.4 is 14.2 Å². The largest absolute Gasteiger partial charge is 0.465 e. The van der Waals surface area contributed by atoms with E-state index in [0.717, 1.165) is 0 Å². The Morgan fingerprint density at radius 3 is 2.59 bits per heavy atom. The van der Waals surface area contributed by atoms with Gasteiger partial charge in [0.05, 0.1) is 11.5 Å². The number of fused-ring (bicyclic) bond motifs is 1. The van der Waals surface area contributed by atoms with Crippen molar-refractivity contribution in [2.45, 2.75) is 24.0 Å². The number of benzene rings is 2. The highest BCUT2D eigenvalue weighted by Crippen LogP contribution is 2.35. The molecule has 9 heteroatoms. The predicted octanol–water partition coefficient (Wildman–Crippen LogP) is 1.36. The minimum atomic E-state index is -4.05. The highest BCUT2D eigenvalue weighted by molar-refractivity contribution is 7.89. The summed E-state index contributed by atoms with van der Waals surface area (Å²) < 4.78 is 42.8. The van der Waals surface area contributed by atoms with Crippen molar-refractivity contribution in [2.24, 2.45) is 0 Å². The number of sulfonamides is 1. The molecule has 2 atom stereocenters. The number of aliphatic hydroxyl groups is 1. The van der Waals surface area contributed by atoms with Crippen molar-refractivity contribution in [3.05, 3.63) is 54.1 Å². The van der Waals surface area contributed by atoms with Gasteiger partial charge in [-0.25, -0.2) is 8.42 Å². The highest BCUT2D eigenvalue weighted by Gasteiger charge is 2.34. The Morgan fingerprint density at radius 2 is 1.89 bits per heavy atom. The van der Waals surface area contributed by atoms with Crippen LogP contribution in [-0.2, 0) is 19.6 Å². The van der Waals surface area contributed by atoms with Gasteiger partial charge in [0.1, 0.15) is 12.1 Å². The van der Waals surface area contributed by atoms with Gasteiger partial charge in [-0.3, -0.25) is 4.79 Å². The molecule has 0 saturated heterocycles. The van der Waals surface area contributed by atoms with E-state index in [1.807, 2.05) is 0 Å². The lowest BCUT2D eigenvalue weighted by atomic mass is 10.0. The first-order chi connectivity index (χ1) is 12.9. The number of hydrogen-bond donors (Lipinski definition) is 2. The standard InChI is InChI=1S/C18H19NO7S/c1-2-24-18(21)16(19-27(22,23)13-6-4-3-5-7-13)17(20)12-8-9-14-15(10-12)26-11-25-14/h3-10,16-17,19-20H,2,11H2,1H3. The maximum atomic E-state index is 12.6. The Kier molecular flexibility index (Phi) is 5.64. The SMILES string of the molecule is CCOC(=O)C(NS(=O)(=O)c1ccccc1)C(O)c1ccc2c(c1)OCO2. The average molecular weight is 393 g/mol. The van der Waals surface area contributed by atoms with Gasteiger partial charge in [-0.05, 0) is 36.8 Å². The second-order valence-corrected chi connectivity index (χ2v) is 7.44. The third-order valence-corrected chi connectivity index (χ3v) is 5.39. The molecule has 2 aromatic rings. The molecule has 27 heavy (non-hydrogen) atoms. The van der Waals surface area contributed by atoms with E-state index in [9.17, 15) is 18.3 Å². The molecule has 0 bridgehead atoms. The summed E-state index contributed by atoms with van der Waals surface area (Å²) in [6.07, 6.45) is -1.49. The fourth-order valence-electron chi connectivity index (χ4n) is 2.60. The van der Waals surface area contributed by atoms with Crippen LogP contribution in [0.4, 0.5) is 0 Å². The van der Waals surface area contributed by atoms with Crippen molar-refractivity contribution >= 4 is 16.0 Å². The van der Waals surface area contributed by atoms with Gasteiger partial charge in [-0.1, -0.05) is 24.3 Å². The number of ether oxygens (including phenoxy) is 3. The van der Waals surface area contributed by atoms with Gasteiger partial charge in [-0.15, -0.1) is 0 Å². The molecule has 3 rings (SSSR count). The lowest BCUT2D eigenvalue weighted by molar-refractivity contribution is -0.148. The Balaban J connectivity index is 1.90. The first kappa shape index (κ1) is 19.2. The monoisotopic (exact) mass is 393 g/mol. The summed E-state index contributed by atoms with van der Waals surface area (Å²) >= 11 is 0. The summed E-state index contributed by atoms with van der Waals surface area (Å²) in [6.45, 7) is 1.68. The average Bonchev–Trinajstić information content (AvgIpc) is 3.14. The number of hydrogen-bond acceptors (Lipinski definition) is 7. The van der Waals surface area contributed by atoms with Crippen molar-refractivity contribution in [2.75, 3.05) is 13.4 Å². The first-order valence-electron chi connectivity index (χ1n) is 8.24. The Morgan fingerprint density at radius 1 is 1.19 bits per heavy atom. The van der Waals surface area contributed by atoms with Gasteiger partial charge in [0.15, 0.2) is 11.5 Å². The van der Waals surface area contributed by atoms with Crippen molar-refractivity contribution in [1.82, 2.24) is 4.72 Å². The minimum absolute atomic E-state index is 0.0304. The summed E-state index contributed by atoms with van der Waals surface area (Å²) in [5.41, 5.74) is 0.285. The number of carbonyl (C=O) groups is 1. The van der Waals surface area contributed by atoms with E-state index in [1.165, 1.54) is 24.3 Å². The van der Waals surface area contributed by atoms with Gasteiger partial charge in [0.2, 0.25) is 16.8 Å². The van der Waals surface area contributed by atoms with Crippen molar-refractivity contribution < 1.29 is 32.5 Å². The third kappa shape index (κ3) is 4.21. The summed E-state index contributed by atoms with van der Waals surface area (Å²) in [5, 5.41) is 10.7. The smallest absolute Gasteiger partial charge is 0.327 e. The molecular formula is C18H19NO7S. The number of carbonyl (C=O) groups excluding carboxylic acids is 1. The van der Waals surface area contributed by atoms with E-state index in [0.29, 0.717) is 11.5 Å². The van der Waals surface area contributed by atoms with Gasteiger partial charge >= 0.3 is 5.97 Å². The van der Waals surface area contributed by atoms with E-state index in [-0.39, 0.29) is 23.9 Å². The molecule has 8 nitrogen and oxygen atoms in total.